The molecule has 104 valence electrons. The highest BCUT2D eigenvalue weighted by molar-refractivity contribution is 14.1. The first-order valence-corrected chi connectivity index (χ1v) is 7.18. The molecular weight excluding hydrogens is 383 g/mol. The van der Waals surface area contributed by atoms with Crippen molar-refractivity contribution in [2.75, 3.05) is 0 Å². The van der Waals surface area contributed by atoms with Crippen molar-refractivity contribution in [3.63, 3.8) is 0 Å². The Balaban J connectivity index is 2.12. The summed E-state index contributed by atoms with van der Waals surface area (Å²) in [7, 11) is 0. The van der Waals surface area contributed by atoms with Gasteiger partial charge in [-0.3, -0.25) is 10.1 Å². The number of non-ortho nitro benzene ring substituents is 1. The lowest BCUT2D eigenvalue weighted by Crippen LogP contribution is -1.93. The van der Waals surface area contributed by atoms with E-state index < -0.39 is 4.92 Å². The molecule has 1 heterocycles. The van der Waals surface area contributed by atoms with Crippen LogP contribution in [0.4, 0.5) is 5.69 Å². The van der Waals surface area contributed by atoms with Crippen LogP contribution < -0.4 is 4.74 Å². The monoisotopic (exact) mass is 392 g/mol. The summed E-state index contributed by atoms with van der Waals surface area (Å²) in [6.45, 7) is 0. The average molecular weight is 392 g/mol. The van der Waals surface area contributed by atoms with E-state index in [0.717, 1.165) is 3.57 Å². The van der Waals surface area contributed by atoms with Crippen LogP contribution in [0, 0.1) is 13.7 Å². The summed E-state index contributed by atoms with van der Waals surface area (Å²) in [5.74, 6) is 1.23. The Bertz CT molecular complexity index is 836. The minimum atomic E-state index is -0.440. The number of halogens is 1. The highest BCUT2D eigenvalue weighted by atomic mass is 127. The maximum atomic E-state index is 11.1. The molecule has 0 N–H and O–H groups in total. The number of aromatic nitrogens is 1. The second-order valence-corrected chi connectivity index (χ2v) is 5.54. The first-order valence-electron chi connectivity index (χ1n) is 6.11. The lowest BCUT2D eigenvalue weighted by molar-refractivity contribution is -0.383. The molecule has 21 heavy (non-hydrogen) atoms. The third kappa shape index (κ3) is 2.80. The number of pyridine rings is 1. The minimum absolute atomic E-state index is 0.0272. The van der Waals surface area contributed by atoms with Crippen LogP contribution >= 0.6 is 22.6 Å². The summed E-state index contributed by atoms with van der Waals surface area (Å²) in [5, 5.41) is 11.7. The summed E-state index contributed by atoms with van der Waals surface area (Å²) in [6, 6.07) is 14.1. The van der Waals surface area contributed by atoms with E-state index in [9.17, 15) is 10.1 Å². The predicted octanol–water partition coefficient (Wildman–Crippen LogP) is 4.54. The van der Waals surface area contributed by atoms with Gasteiger partial charge in [0, 0.05) is 21.2 Å². The number of benzene rings is 2. The molecule has 0 saturated carbocycles. The zero-order chi connectivity index (χ0) is 14.8. The Hall–Kier alpha value is -2.22. The fourth-order valence-electron chi connectivity index (χ4n) is 2.03. The molecule has 0 aliphatic carbocycles. The second kappa shape index (κ2) is 5.65. The highest BCUT2D eigenvalue weighted by Crippen LogP contribution is 2.34. The van der Waals surface area contributed by atoms with Crippen molar-refractivity contribution in [1.29, 1.82) is 0 Å². The SMILES string of the molecule is O=[N+]([O-])c1ccc(Oc2cccc(I)c2)c2cccnc12. The topological polar surface area (TPSA) is 65.3 Å². The molecule has 0 aliphatic rings. The molecule has 6 heteroatoms. The van der Waals surface area contributed by atoms with Gasteiger partial charge in [-0.05, 0) is 59.0 Å². The standard InChI is InChI=1S/C15H9IN2O3/c16-10-3-1-4-11(9-10)21-14-7-6-13(18(19)20)15-12(14)5-2-8-17-15/h1-9H. The van der Waals surface area contributed by atoms with Gasteiger partial charge < -0.3 is 4.74 Å². The molecule has 3 aromatic rings. The molecule has 1 aromatic heterocycles. The number of ether oxygens (including phenoxy) is 1. The lowest BCUT2D eigenvalue weighted by atomic mass is 10.1. The minimum Gasteiger partial charge on any atom is -0.457 e. The molecule has 0 aliphatic heterocycles. The van der Waals surface area contributed by atoms with E-state index >= 15 is 0 Å². The first-order chi connectivity index (χ1) is 10.1. The predicted molar refractivity (Wildman–Crippen MR) is 87.6 cm³/mol. The van der Waals surface area contributed by atoms with Crippen LogP contribution in [-0.4, -0.2) is 9.91 Å². The molecule has 0 amide bonds. The fraction of sp³-hybridized carbons (Fsp3) is 0. The molecule has 0 atom stereocenters. The third-order valence-electron chi connectivity index (χ3n) is 2.93. The van der Waals surface area contributed by atoms with E-state index in [0.29, 0.717) is 22.4 Å². The molecule has 3 rings (SSSR count). The molecule has 0 fully saturated rings. The van der Waals surface area contributed by atoms with E-state index in [-0.39, 0.29) is 5.69 Å². The Morgan fingerprint density at radius 1 is 1.14 bits per heavy atom. The van der Waals surface area contributed by atoms with E-state index in [1.807, 2.05) is 24.3 Å². The molecule has 0 radical (unpaired) electrons. The Morgan fingerprint density at radius 2 is 2.00 bits per heavy atom. The number of nitro benzene ring substituents is 1. The van der Waals surface area contributed by atoms with Crippen molar-refractivity contribution in [2.45, 2.75) is 0 Å². The van der Waals surface area contributed by atoms with E-state index in [4.69, 9.17) is 4.74 Å². The summed E-state index contributed by atoms with van der Waals surface area (Å²) in [4.78, 5) is 14.7. The molecule has 0 spiro atoms. The van der Waals surface area contributed by atoms with Crippen molar-refractivity contribution >= 4 is 39.2 Å². The summed E-state index contributed by atoms with van der Waals surface area (Å²) >= 11 is 2.20. The molecule has 0 unspecified atom stereocenters. The van der Waals surface area contributed by atoms with Crippen molar-refractivity contribution in [1.82, 2.24) is 4.98 Å². The van der Waals surface area contributed by atoms with E-state index in [2.05, 4.69) is 27.6 Å². The van der Waals surface area contributed by atoms with Crippen molar-refractivity contribution in [3.8, 4) is 11.5 Å². The van der Waals surface area contributed by atoms with Crippen LogP contribution in [0.5, 0.6) is 11.5 Å². The molecule has 0 saturated heterocycles. The Labute approximate surface area is 133 Å². The number of fused-ring (bicyclic) bond motifs is 1. The quantitative estimate of drug-likeness (QED) is 0.373. The second-order valence-electron chi connectivity index (χ2n) is 4.30. The van der Waals surface area contributed by atoms with Gasteiger partial charge in [-0.2, -0.15) is 0 Å². The summed E-state index contributed by atoms with van der Waals surface area (Å²) < 4.78 is 6.89. The molecule has 5 nitrogen and oxygen atoms in total. The largest absolute Gasteiger partial charge is 0.457 e. The van der Waals surface area contributed by atoms with Gasteiger partial charge in [0.15, 0.2) is 5.52 Å². The molecular formula is C15H9IN2O3. The summed E-state index contributed by atoms with van der Waals surface area (Å²) in [5.41, 5.74) is 0.297. The van der Waals surface area contributed by atoms with Gasteiger partial charge in [-0.15, -0.1) is 0 Å². The number of nitrogens with zero attached hydrogens (tertiary/aromatic N) is 2. The first kappa shape index (κ1) is 13.7. The summed E-state index contributed by atoms with van der Waals surface area (Å²) in [6.07, 6.45) is 1.53. The maximum Gasteiger partial charge on any atom is 0.295 e. The van der Waals surface area contributed by atoms with E-state index in [1.54, 1.807) is 18.2 Å². The van der Waals surface area contributed by atoms with Crippen molar-refractivity contribution < 1.29 is 9.66 Å². The van der Waals surface area contributed by atoms with Gasteiger partial charge in [-0.25, -0.2) is 4.98 Å². The fourth-order valence-corrected chi connectivity index (χ4v) is 2.54. The van der Waals surface area contributed by atoms with E-state index in [1.165, 1.54) is 12.3 Å². The average Bonchev–Trinajstić information content (AvgIpc) is 2.47. The van der Waals surface area contributed by atoms with Gasteiger partial charge >= 0.3 is 0 Å². The van der Waals surface area contributed by atoms with Crippen molar-refractivity contribution in [2.24, 2.45) is 0 Å². The smallest absolute Gasteiger partial charge is 0.295 e. The van der Waals surface area contributed by atoms with Crippen LogP contribution in [0.1, 0.15) is 0 Å². The van der Waals surface area contributed by atoms with Crippen molar-refractivity contribution in [3.05, 3.63) is 68.4 Å². The van der Waals surface area contributed by atoms with Gasteiger partial charge in [0.1, 0.15) is 11.5 Å². The zero-order valence-electron chi connectivity index (χ0n) is 10.7. The van der Waals surface area contributed by atoms with Gasteiger partial charge in [-0.1, -0.05) is 6.07 Å². The third-order valence-corrected chi connectivity index (χ3v) is 3.60. The van der Waals surface area contributed by atoms with Crippen LogP contribution in [0.2, 0.25) is 0 Å². The number of nitro groups is 1. The highest BCUT2D eigenvalue weighted by Gasteiger charge is 2.16. The van der Waals surface area contributed by atoms with Gasteiger partial charge in [0.05, 0.1) is 4.92 Å². The van der Waals surface area contributed by atoms with Gasteiger partial charge in [0.25, 0.3) is 5.69 Å². The molecule has 0 bridgehead atoms. The number of hydrogen-bond acceptors (Lipinski definition) is 4. The number of rotatable bonds is 3. The lowest BCUT2D eigenvalue weighted by Gasteiger charge is -2.09. The Morgan fingerprint density at radius 3 is 2.76 bits per heavy atom. The Kier molecular flexibility index (Phi) is 3.70. The number of hydrogen-bond donors (Lipinski definition) is 0. The normalized spacial score (nSPS) is 10.5. The maximum absolute atomic E-state index is 11.1. The van der Waals surface area contributed by atoms with Crippen LogP contribution in [-0.2, 0) is 0 Å². The van der Waals surface area contributed by atoms with Crippen LogP contribution in [0.25, 0.3) is 10.9 Å². The van der Waals surface area contributed by atoms with Gasteiger partial charge in [0.2, 0.25) is 0 Å². The van der Waals surface area contributed by atoms with Crippen LogP contribution in [0.15, 0.2) is 54.7 Å². The van der Waals surface area contributed by atoms with Crippen LogP contribution in [0.3, 0.4) is 0 Å². The molecule has 2 aromatic carbocycles. The zero-order valence-corrected chi connectivity index (χ0v) is 12.9.